The Morgan fingerprint density at radius 1 is 1.53 bits per heavy atom. The zero-order valence-corrected chi connectivity index (χ0v) is 11.7. The third-order valence-electron chi connectivity index (χ3n) is 3.47. The average Bonchev–Trinajstić information content (AvgIpc) is 2.69. The maximum absolute atomic E-state index is 12.3. The van der Waals surface area contributed by atoms with Gasteiger partial charge in [0, 0.05) is 37.1 Å². The van der Waals surface area contributed by atoms with Crippen molar-refractivity contribution < 1.29 is 9.53 Å². The highest BCUT2D eigenvalue weighted by Gasteiger charge is 2.30. The fraction of sp³-hybridized carbons (Fsp3) is 0.533. The number of hydrogen-bond acceptors (Lipinski definition) is 3. The molecule has 1 atom stereocenters. The van der Waals surface area contributed by atoms with Gasteiger partial charge in [0.25, 0.3) is 0 Å². The molecule has 0 fully saturated rings. The van der Waals surface area contributed by atoms with Crippen molar-refractivity contribution in [2.45, 2.75) is 39.2 Å². The van der Waals surface area contributed by atoms with Gasteiger partial charge in [-0.2, -0.15) is 0 Å². The van der Waals surface area contributed by atoms with Crippen molar-refractivity contribution in [1.82, 2.24) is 0 Å². The second-order valence-corrected chi connectivity index (χ2v) is 5.01. The van der Waals surface area contributed by atoms with E-state index in [0.717, 1.165) is 24.2 Å². The summed E-state index contributed by atoms with van der Waals surface area (Å²) in [4.78, 5) is 14.2. The summed E-state index contributed by atoms with van der Waals surface area (Å²) in [5.41, 5.74) is 8.74. The van der Waals surface area contributed by atoms with Crippen LogP contribution in [0.5, 0.6) is 0 Å². The second kappa shape index (κ2) is 6.06. The number of benzene rings is 1. The number of nitrogens with zero attached hydrogens (tertiary/aromatic N) is 1. The van der Waals surface area contributed by atoms with E-state index < -0.39 is 0 Å². The predicted molar refractivity (Wildman–Crippen MR) is 77.2 cm³/mol. The highest BCUT2D eigenvalue weighted by molar-refractivity contribution is 5.96. The van der Waals surface area contributed by atoms with Gasteiger partial charge in [-0.3, -0.25) is 4.79 Å². The van der Waals surface area contributed by atoms with E-state index in [-0.39, 0.29) is 11.9 Å². The Kier molecular flexibility index (Phi) is 4.43. The minimum Gasteiger partial charge on any atom is -0.399 e. The van der Waals surface area contributed by atoms with Crippen LogP contribution in [0.4, 0.5) is 11.4 Å². The van der Waals surface area contributed by atoms with Gasteiger partial charge < -0.3 is 15.4 Å². The van der Waals surface area contributed by atoms with Crippen LogP contribution in [0.2, 0.25) is 0 Å². The normalized spacial score (nSPS) is 17.6. The molecule has 1 unspecified atom stereocenters. The van der Waals surface area contributed by atoms with Gasteiger partial charge in [0.1, 0.15) is 0 Å². The van der Waals surface area contributed by atoms with E-state index in [1.54, 1.807) is 0 Å². The fourth-order valence-electron chi connectivity index (χ4n) is 2.62. The van der Waals surface area contributed by atoms with Gasteiger partial charge in [0.05, 0.1) is 0 Å². The molecule has 104 valence electrons. The van der Waals surface area contributed by atoms with Crippen LogP contribution in [-0.4, -0.2) is 25.2 Å². The topological polar surface area (TPSA) is 55.6 Å². The number of rotatable bonds is 5. The molecule has 19 heavy (non-hydrogen) atoms. The molecule has 2 N–H and O–H groups in total. The lowest BCUT2D eigenvalue weighted by Crippen LogP contribution is -2.35. The number of fused-ring (bicyclic) bond motifs is 1. The van der Waals surface area contributed by atoms with Crippen molar-refractivity contribution in [1.29, 1.82) is 0 Å². The van der Waals surface area contributed by atoms with E-state index in [9.17, 15) is 4.79 Å². The zero-order valence-electron chi connectivity index (χ0n) is 11.7. The van der Waals surface area contributed by atoms with Gasteiger partial charge in [0.15, 0.2) is 0 Å². The number of nitrogen functional groups attached to an aromatic ring is 1. The first-order chi connectivity index (χ1) is 9.13. The summed E-state index contributed by atoms with van der Waals surface area (Å²) < 4.78 is 5.27. The summed E-state index contributed by atoms with van der Waals surface area (Å²) in [5.74, 6) is 0.177. The molecule has 1 amide bonds. The number of hydrogen-bond donors (Lipinski definition) is 1. The molecule has 0 spiro atoms. The molecular formula is C15H22N2O2. The molecule has 0 saturated carbocycles. The first-order valence-corrected chi connectivity index (χ1v) is 6.91. The minimum atomic E-state index is 0.177. The molecule has 1 heterocycles. The van der Waals surface area contributed by atoms with Crippen LogP contribution in [0, 0.1) is 0 Å². The molecule has 4 heteroatoms. The number of carbonyl (C=O) groups is 1. The van der Waals surface area contributed by atoms with Crippen molar-refractivity contribution in [2.24, 2.45) is 0 Å². The maximum atomic E-state index is 12.3. The van der Waals surface area contributed by atoms with Crippen LogP contribution in [0.3, 0.4) is 0 Å². The largest absolute Gasteiger partial charge is 0.399 e. The third-order valence-corrected chi connectivity index (χ3v) is 3.47. The number of ether oxygens (including phenoxy) is 1. The van der Waals surface area contributed by atoms with Gasteiger partial charge in [-0.15, -0.1) is 0 Å². The van der Waals surface area contributed by atoms with Crippen molar-refractivity contribution in [3.8, 4) is 0 Å². The molecule has 0 bridgehead atoms. The Morgan fingerprint density at radius 2 is 2.32 bits per heavy atom. The molecule has 1 aliphatic rings. The van der Waals surface area contributed by atoms with Crippen molar-refractivity contribution in [3.63, 3.8) is 0 Å². The van der Waals surface area contributed by atoms with E-state index in [1.807, 2.05) is 30.0 Å². The lowest BCUT2D eigenvalue weighted by Gasteiger charge is -2.22. The molecule has 0 aromatic heterocycles. The number of nitrogens with two attached hydrogens (primary N) is 1. The van der Waals surface area contributed by atoms with Gasteiger partial charge >= 0.3 is 0 Å². The summed E-state index contributed by atoms with van der Waals surface area (Å²) in [6.45, 7) is 5.40. The van der Waals surface area contributed by atoms with E-state index >= 15 is 0 Å². The van der Waals surface area contributed by atoms with Crippen LogP contribution < -0.4 is 10.6 Å². The van der Waals surface area contributed by atoms with Crippen LogP contribution in [0.1, 0.15) is 32.3 Å². The quantitative estimate of drug-likeness (QED) is 0.654. The van der Waals surface area contributed by atoms with Crippen LogP contribution >= 0.6 is 0 Å². The summed E-state index contributed by atoms with van der Waals surface area (Å²) in [7, 11) is 0. The molecule has 0 radical (unpaired) electrons. The average molecular weight is 262 g/mol. The van der Waals surface area contributed by atoms with Crippen molar-refractivity contribution in [3.05, 3.63) is 23.8 Å². The summed E-state index contributed by atoms with van der Waals surface area (Å²) in [6.07, 6.45) is 2.20. The Bertz CT molecular complexity index is 459. The summed E-state index contributed by atoms with van der Waals surface area (Å²) >= 11 is 0. The smallest absolute Gasteiger partial charge is 0.227 e. The first-order valence-electron chi connectivity index (χ1n) is 6.91. The molecule has 1 aliphatic heterocycles. The van der Waals surface area contributed by atoms with Crippen LogP contribution in [-0.2, 0) is 16.0 Å². The Morgan fingerprint density at radius 3 is 3.05 bits per heavy atom. The first kappa shape index (κ1) is 13.9. The molecule has 0 aliphatic carbocycles. The van der Waals surface area contributed by atoms with Crippen LogP contribution in [0.15, 0.2) is 18.2 Å². The van der Waals surface area contributed by atoms with Gasteiger partial charge in [-0.1, -0.05) is 0 Å². The molecular weight excluding hydrogens is 240 g/mol. The van der Waals surface area contributed by atoms with E-state index in [1.165, 1.54) is 5.56 Å². The predicted octanol–water partition coefficient (Wildman–Crippen LogP) is 2.36. The third kappa shape index (κ3) is 3.07. The molecule has 1 aromatic carbocycles. The highest BCUT2D eigenvalue weighted by atomic mass is 16.5. The Balaban J connectivity index is 2.02. The lowest BCUT2D eigenvalue weighted by atomic mass is 10.1. The zero-order chi connectivity index (χ0) is 13.8. The number of carbonyl (C=O) groups excluding carboxylic acids is 1. The minimum absolute atomic E-state index is 0.177. The monoisotopic (exact) mass is 262 g/mol. The molecule has 0 saturated heterocycles. The number of amides is 1. The standard InChI is InChI=1S/C15H22N2O2/c1-3-19-8-4-5-15(18)17-11(2)9-12-10-13(16)6-7-14(12)17/h6-7,10-11H,3-5,8-9,16H2,1-2H3. The van der Waals surface area contributed by atoms with E-state index in [0.29, 0.717) is 19.6 Å². The van der Waals surface area contributed by atoms with Crippen molar-refractivity contribution >= 4 is 17.3 Å². The van der Waals surface area contributed by atoms with Gasteiger partial charge in [-0.05, 0) is 50.5 Å². The molecule has 4 nitrogen and oxygen atoms in total. The highest BCUT2D eigenvalue weighted by Crippen LogP contribution is 2.34. The summed E-state index contributed by atoms with van der Waals surface area (Å²) in [5, 5.41) is 0. The van der Waals surface area contributed by atoms with E-state index in [4.69, 9.17) is 10.5 Å². The van der Waals surface area contributed by atoms with Gasteiger partial charge in [0.2, 0.25) is 5.91 Å². The fourth-order valence-corrected chi connectivity index (χ4v) is 2.62. The summed E-state index contributed by atoms with van der Waals surface area (Å²) in [6, 6.07) is 6.00. The van der Waals surface area contributed by atoms with E-state index in [2.05, 4.69) is 6.92 Å². The second-order valence-electron chi connectivity index (χ2n) is 5.01. The Labute approximate surface area is 114 Å². The molecule has 1 aromatic rings. The lowest BCUT2D eigenvalue weighted by molar-refractivity contribution is -0.119. The molecule has 2 rings (SSSR count). The number of anilines is 2. The SMILES string of the molecule is CCOCCCC(=O)N1c2ccc(N)cc2CC1C. The Hall–Kier alpha value is -1.55. The maximum Gasteiger partial charge on any atom is 0.227 e. The van der Waals surface area contributed by atoms with Crippen LogP contribution in [0.25, 0.3) is 0 Å². The van der Waals surface area contributed by atoms with Crippen molar-refractivity contribution in [2.75, 3.05) is 23.8 Å². The van der Waals surface area contributed by atoms with Gasteiger partial charge in [-0.25, -0.2) is 0 Å².